The number of halogens is 2. The third-order valence-electron chi connectivity index (χ3n) is 8.81. The Morgan fingerprint density at radius 1 is 0.936 bits per heavy atom. The SMILES string of the molecule is COc1ccc(C[C@H](NC(=O)CC(C)C)C(=O)NC(CC2CCCCC2)C(=O)C(F)(F)CN(CCC(C)C)C(=O)[C@@H](N)C(C)C)cc1. The summed E-state index contributed by atoms with van der Waals surface area (Å²) in [5.74, 6) is -6.58. The quantitative estimate of drug-likeness (QED) is 0.184. The fraction of sp³-hybridized carbons (Fsp3) is 0.722. The normalized spacial score (nSPS) is 16.1. The van der Waals surface area contributed by atoms with Crippen LogP contribution in [0.2, 0.25) is 0 Å². The molecule has 9 nitrogen and oxygen atoms in total. The van der Waals surface area contributed by atoms with Gasteiger partial charge in [0.1, 0.15) is 11.8 Å². The van der Waals surface area contributed by atoms with E-state index in [9.17, 15) is 19.2 Å². The molecule has 0 radical (unpaired) electrons. The summed E-state index contributed by atoms with van der Waals surface area (Å²) in [5, 5.41) is 5.39. The molecule has 1 unspecified atom stereocenters. The van der Waals surface area contributed by atoms with E-state index in [1.807, 2.05) is 27.7 Å². The number of nitrogens with zero attached hydrogens (tertiary/aromatic N) is 1. The Bertz CT molecular complexity index is 1150. The average molecular weight is 665 g/mol. The number of methoxy groups -OCH3 is 1. The van der Waals surface area contributed by atoms with E-state index in [0.717, 1.165) is 42.6 Å². The van der Waals surface area contributed by atoms with Gasteiger partial charge in [0.2, 0.25) is 23.5 Å². The molecule has 1 aromatic carbocycles. The highest BCUT2D eigenvalue weighted by atomic mass is 19.3. The Morgan fingerprint density at radius 2 is 1.55 bits per heavy atom. The fourth-order valence-electron chi connectivity index (χ4n) is 5.84. The number of ether oxygens (including phenoxy) is 1. The van der Waals surface area contributed by atoms with Gasteiger partial charge in [-0.2, -0.15) is 8.78 Å². The smallest absolute Gasteiger partial charge is 0.324 e. The van der Waals surface area contributed by atoms with Crippen LogP contribution in [0, 0.1) is 23.7 Å². The highest BCUT2D eigenvalue weighted by Gasteiger charge is 2.47. The Balaban J connectivity index is 2.39. The van der Waals surface area contributed by atoms with Crippen molar-refractivity contribution in [1.29, 1.82) is 0 Å². The first-order valence-corrected chi connectivity index (χ1v) is 17.2. The molecule has 0 heterocycles. The van der Waals surface area contributed by atoms with Crippen molar-refractivity contribution in [3.05, 3.63) is 29.8 Å². The van der Waals surface area contributed by atoms with Gasteiger partial charge in [-0.15, -0.1) is 0 Å². The minimum atomic E-state index is -3.94. The van der Waals surface area contributed by atoms with Gasteiger partial charge >= 0.3 is 5.92 Å². The summed E-state index contributed by atoms with van der Waals surface area (Å²) in [6, 6.07) is 3.40. The molecule has 11 heteroatoms. The predicted molar refractivity (Wildman–Crippen MR) is 180 cm³/mol. The molecular weight excluding hydrogens is 606 g/mol. The van der Waals surface area contributed by atoms with E-state index in [1.165, 1.54) is 7.11 Å². The van der Waals surface area contributed by atoms with Crippen LogP contribution in [-0.2, 0) is 25.6 Å². The Labute approximate surface area is 280 Å². The maximum Gasteiger partial charge on any atom is 0.324 e. The molecule has 266 valence electrons. The molecule has 1 fully saturated rings. The van der Waals surface area contributed by atoms with Crippen molar-refractivity contribution < 1.29 is 32.7 Å². The number of hydrogen-bond donors (Lipinski definition) is 3. The minimum Gasteiger partial charge on any atom is -0.497 e. The van der Waals surface area contributed by atoms with Crippen molar-refractivity contribution in [3.8, 4) is 5.75 Å². The van der Waals surface area contributed by atoms with Gasteiger partial charge in [0.15, 0.2) is 0 Å². The van der Waals surface area contributed by atoms with Crippen LogP contribution >= 0.6 is 0 Å². The first-order chi connectivity index (χ1) is 22.0. The molecule has 0 aliphatic heterocycles. The van der Waals surface area contributed by atoms with Crippen LogP contribution in [0.1, 0.15) is 98.5 Å². The number of carbonyl (C=O) groups excluding carboxylic acids is 4. The van der Waals surface area contributed by atoms with Gasteiger partial charge in [0, 0.05) is 19.4 Å². The summed E-state index contributed by atoms with van der Waals surface area (Å²) in [6.07, 6.45) is 5.21. The summed E-state index contributed by atoms with van der Waals surface area (Å²) in [5.41, 5.74) is 6.79. The lowest BCUT2D eigenvalue weighted by Gasteiger charge is -2.33. The van der Waals surface area contributed by atoms with Gasteiger partial charge in [0.25, 0.3) is 0 Å². The van der Waals surface area contributed by atoms with E-state index in [-0.39, 0.29) is 55.4 Å². The van der Waals surface area contributed by atoms with Crippen LogP contribution in [0.5, 0.6) is 5.75 Å². The fourth-order valence-corrected chi connectivity index (χ4v) is 5.84. The molecule has 47 heavy (non-hydrogen) atoms. The summed E-state index contributed by atoms with van der Waals surface area (Å²) < 4.78 is 37.3. The predicted octanol–water partition coefficient (Wildman–Crippen LogP) is 5.29. The molecule has 1 saturated carbocycles. The van der Waals surface area contributed by atoms with Crippen molar-refractivity contribution in [2.45, 2.75) is 123 Å². The van der Waals surface area contributed by atoms with Gasteiger partial charge in [0.05, 0.1) is 25.7 Å². The van der Waals surface area contributed by atoms with Crippen LogP contribution in [0.4, 0.5) is 8.78 Å². The number of alkyl halides is 2. The molecule has 3 amide bonds. The third kappa shape index (κ3) is 13.5. The van der Waals surface area contributed by atoms with E-state index >= 15 is 8.78 Å². The number of nitrogens with two attached hydrogens (primary N) is 1. The summed E-state index contributed by atoms with van der Waals surface area (Å²) in [6.45, 7) is 10.00. The van der Waals surface area contributed by atoms with Gasteiger partial charge in [-0.3, -0.25) is 19.2 Å². The molecule has 1 aliphatic carbocycles. The van der Waals surface area contributed by atoms with Crippen LogP contribution in [0.3, 0.4) is 0 Å². The van der Waals surface area contributed by atoms with Gasteiger partial charge in [-0.1, -0.05) is 85.8 Å². The molecule has 3 atom stereocenters. The molecule has 1 aromatic rings. The zero-order valence-electron chi connectivity index (χ0n) is 29.5. The number of Topliss-reactive ketones (excluding diaryl/α,β-unsaturated/α-hetero) is 1. The monoisotopic (exact) mass is 664 g/mol. The number of carbonyl (C=O) groups is 4. The number of hydrogen-bond acceptors (Lipinski definition) is 6. The zero-order chi connectivity index (χ0) is 35.3. The first kappa shape index (κ1) is 40.1. The third-order valence-corrected chi connectivity index (χ3v) is 8.81. The number of rotatable bonds is 19. The standard InChI is InChI=1S/C36H58F2N4O5/c1-23(2)17-18-42(35(46)32(39)25(5)6)22-36(37,38)33(44)29(20-26-11-9-8-10-12-26)41-34(45)30(40-31(43)19-24(3)4)21-27-13-15-28(47-7)16-14-27/h13-16,23-26,29-30,32H,8-12,17-22,39H2,1-7H3,(H,40,43)(H,41,45)/t29?,30-,32-/m0/s1. The van der Waals surface area contributed by atoms with Gasteiger partial charge in [-0.05, 0) is 54.2 Å². The second kappa shape index (κ2) is 19.1. The lowest BCUT2D eigenvalue weighted by atomic mass is 9.83. The van der Waals surface area contributed by atoms with Gasteiger partial charge in [-0.25, -0.2) is 0 Å². The molecule has 1 aliphatic rings. The lowest BCUT2D eigenvalue weighted by molar-refractivity contribution is -0.154. The summed E-state index contributed by atoms with van der Waals surface area (Å²) in [7, 11) is 1.54. The zero-order valence-corrected chi connectivity index (χ0v) is 29.5. The summed E-state index contributed by atoms with van der Waals surface area (Å²) >= 11 is 0. The second-order valence-corrected chi connectivity index (χ2v) is 14.4. The highest BCUT2D eigenvalue weighted by molar-refractivity contribution is 5.96. The Hall–Kier alpha value is -3.08. The molecule has 0 aromatic heterocycles. The van der Waals surface area contributed by atoms with Crippen molar-refractivity contribution in [2.75, 3.05) is 20.2 Å². The second-order valence-electron chi connectivity index (χ2n) is 14.4. The van der Waals surface area contributed by atoms with E-state index in [0.29, 0.717) is 12.2 Å². The van der Waals surface area contributed by atoms with E-state index in [2.05, 4.69) is 10.6 Å². The van der Waals surface area contributed by atoms with Crippen molar-refractivity contribution in [2.24, 2.45) is 29.4 Å². The molecule has 0 bridgehead atoms. The molecule has 2 rings (SSSR count). The van der Waals surface area contributed by atoms with Gasteiger partial charge < -0.3 is 26.0 Å². The van der Waals surface area contributed by atoms with Crippen molar-refractivity contribution in [3.63, 3.8) is 0 Å². The van der Waals surface area contributed by atoms with Crippen molar-refractivity contribution in [1.82, 2.24) is 15.5 Å². The van der Waals surface area contributed by atoms with Crippen LogP contribution in [0.15, 0.2) is 24.3 Å². The first-order valence-electron chi connectivity index (χ1n) is 17.2. The van der Waals surface area contributed by atoms with E-state index in [1.54, 1.807) is 38.1 Å². The van der Waals surface area contributed by atoms with Crippen LogP contribution in [0.25, 0.3) is 0 Å². The Kier molecular flexibility index (Phi) is 16.3. The largest absolute Gasteiger partial charge is 0.497 e. The highest BCUT2D eigenvalue weighted by Crippen LogP contribution is 2.30. The summed E-state index contributed by atoms with van der Waals surface area (Å²) in [4.78, 5) is 54.6. The Morgan fingerprint density at radius 3 is 2.09 bits per heavy atom. The number of nitrogens with one attached hydrogen (secondary N) is 2. The molecule has 0 spiro atoms. The maximum absolute atomic E-state index is 16.0. The number of amides is 3. The van der Waals surface area contributed by atoms with E-state index in [4.69, 9.17) is 10.5 Å². The maximum atomic E-state index is 16.0. The number of benzene rings is 1. The molecule has 0 saturated heterocycles. The lowest BCUT2D eigenvalue weighted by Crippen LogP contribution is -2.58. The molecule has 4 N–H and O–H groups in total. The van der Waals surface area contributed by atoms with E-state index < -0.39 is 48.2 Å². The van der Waals surface area contributed by atoms with Crippen molar-refractivity contribution >= 4 is 23.5 Å². The number of ketones is 1. The minimum absolute atomic E-state index is 0.0163. The topological polar surface area (TPSA) is 131 Å². The van der Waals surface area contributed by atoms with Crippen LogP contribution < -0.4 is 21.1 Å². The average Bonchev–Trinajstić information content (AvgIpc) is 3.01. The molecular formula is C36H58F2N4O5. The van der Waals surface area contributed by atoms with Crippen LogP contribution in [-0.4, -0.2) is 72.7 Å².